The number of aromatic amines is 2. The Kier molecular flexibility index (Phi) is 12.4. The molecule has 49 heavy (non-hydrogen) atoms. The predicted octanol–water partition coefficient (Wildman–Crippen LogP) is -2.97. The van der Waals surface area contributed by atoms with Gasteiger partial charge in [0.1, 0.15) is 25.2 Å². The van der Waals surface area contributed by atoms with Gasteiger partial charge in [-0.05, 0) is 27.7 Å². The summed E-state index contributed by atoms with van der Waals surface area (Å²) in [6.07, 6.45) is 1.69. The number of imidazole rings is 1. The van der Waals surface area contributed by atoms with Crippen molar-refractivity contribution in [3.05, 3.63) is 49.3 Å². The molecule has 0 atom stereocenters. The number of nitrogen functional groups attached to an aromatic ring is 1. The Balaban J connectivity index is 1.69. The highest BCUT2D eigenvalue weighted by atomic mass is 16.6. The highest BCUT2D eigenvalue weighted by Gasteiger charge is 2.23. The van der Waals surface area contributed by atoms with Crippen LogP contribution in [0.2, 0.25) is 0 Å². The van der Waals surface area contributed by atoms with E-state index in [1.165, 1.54) is 24.0 Å². The number of alkyl carbamates (subject to hydrolysis) is 1. The smallest absolute Gasteiger partial charge is 0.407 e. The molecule has 0 aromatic carbocycles. The lowest BCUT2D eigenvalue weighted by Gasteiger charge is -2.25. The first-order chi connectivity index (χ1) is 23.0. The molecule has 0 aliphatic carbocycles. The maximum Gasteiger partial charge on any atom is 0.407 e. The van der Waals surface area contributed by atoms with Gasteiger partial charge in [-0.15, -0.1) is 0 Å². The number of nitrogens with one attached hydrogen (secondary N) is 4. The molecule has 0 bridgehead atoms. The molecule has 0 aliphatic rings. The van der Waals surface area contributed by atoms with Crippen LogP contribution in [0.25, 0.3) is 11.2 Å². The normalized spacial score (nSPS) is 11.1. The number of hydrogen-bond acceptors (Lipinski definition) is 13. The summed E-state index contributed by atoms with van der Waals surface area (Å²) in [5, 5.41) is 5.08. The van der Waals surface area contributed by atoms with Gasteiger partial charge in [0.15, 0.2) is 11.2 Å². The Labute approximate surface area is 277 Å². The third kappa shape index (κ3) is 11.0. The number of nitrogens with two attached hydrogens (primary N) is 1. The number of aromatic nitrogens is 6. The number of nitrogens with zero attached hydrogens (tertiary/aromatic N) is 6. The summed E-state index contributed by atoms with van der Waals surface area (Å²) in [4.78, 5) is 114. The van der Waals surface area contributed by atoms with Crippen molar-refractivity contribution < 1.29 is 33.4 Å². The van der Waals surface area contributed by atoms with Gasteiger partial charge >= 0.3 is 17.8 Å². The number of hydrogen-bond donors (Lipinski definition) is 5. The standard InChI is InChI=1S/C28H39N11O10/c1-16-10-38(26(46)35-23(16)44)12-18(41)37(14-20(43)48-5)8-6-30-17(40)11-36(9-7-31-27(47)49-28(2,3)4)19(42)13-39-15-32-21-22(39)33-25(29)34-24(21)45/h10,15H,6-9,11-14H2,1-5H3,(H,30,40)(H,31,47)(H,35,44,46)(H3,29,33,34,45). The second kappa shape index (κ2) is 16.2. The van der Waals surface area contributed by atoms with Crippen LogP contribution in [-0.2, 0) is 41.7 Å². The Bertz CT molecular complexity index is 1890. The van der Waals surface area contributed by atoms with Crippen LogP contribution in [0.15, 0.2) is 26.9 Å². The molecule has 0 saturated carbocycles. The van der Waals surface area contributed by atoms with E-state index < -0.39 is 78.4 Å². The predicted molar refractivity (Wildman–Crippen MR) is 171 cm³/mol. The summed E-state index contributed by atoms with van der Waals surface area (Å²) in [5.41, 5.74) is 3.01. The molecular weight excluding hydrogens is 650 g/mol. The first-order valence-electron chi connectivity index (χ1n) is 14.8. The molecule has 0 fully saturated rings. The van der Waals surface area contributed by atoms with Gasteiger partial charge in [-0.3, -0.25) is 43.3 Å². The monoisotopic (exact) mass is 689 g/mol. The molecule has 3 aromatic rings. The number of ether oxygens (including phenoxy) is 2. The average Bonchev–Trinajstić information content (AvgIpc) is 3.40. The molecule has 0 spiro atoms. The van der Waals surface area contributed by atoms with Crippen LogP contribution in [-0.4, -0.2) is 121 Å². The van der Waals surface area contributed by atoms with Gasteiger partial charge in [-0.25, -0.2) is 14.6 Å². The lowest BCUT2D eigenvalue weighted by Crippen LogP contribution is -2.48. The van der Waals surface area contributed by atoms with Crippen molar-refractivity contribution in [2.75, 3.05) is 52.1 Å². The highest BCUT2D eigenvalue weighted by molar-refractivity contribution is 5.86. The second-order valence-electron chi connectivity index (χ2n) is 11.7. The number of amides is 4. The minimum absolute atomic E-state index is 0.0422. The molecule has 3 rings (SSSR count). The van der Waals surface area contributed by atoms with Crippen LogP contribution in [0.4, 0.5) is 10.7 Å². The molecule has 266 valence electrons. The summed E-state index contributed by atoms with van der Waals surface area (Å²) in [6, 6.07) is 0. The van der Waals surface area contributed by atoms with E-state index in [9.17, 15) is 38.4 Å². The Morgan fingerprint density at radius 3 is 2.16 bits per heavy atom. The van der Waals surface area contributed by atoms with Gasteiger partial charge in [0.05, 0.1) is 20.0 Å². The number of anilines is 1. The average molecular weight is 690 g/mol. The first-order valence-corrected chi connectivity index (χ1v) is 14.8. The number of rotatable bonds is 14. The fourth-order valence-corrected chi connectivity index (χ4v) is 4.28. The molecule has 3 aromatic heterocycles. The molecule has 6 N–H and O–H groups in total. The van der Waals surface area contributed by atoms with Crippen molar-refractivity contribution in [3.63, 3.8) is 0 Å². The fraction of sp³-hybridized carbons (Fsp3) is 0.500. The Morgan fingerprint density at radius 1 is 0.918 bits per heavy atom. The number of carbonyl (C=O) groups excluding carboxylic acids is 5. The lowest BCUT2D eigenvalue weighted by atomic mass is 10.2. The molecular formula is C28H39N11O10. The van der Waals surface area contributed by atoms with Crippen molar-refractivity contribution in [1.29, 1.82) is 0 Å². The molecule has 0 aliphatic heterocycles. The summed E-state index contributed by atoms with van der Waals surface area (Å²) in [6.45, 7) is 4.02. The topological polar surface area (TPSA) is 279 Å². The number of carbonyl (C=O) groups is 5. The summed E-state index contributed by atoms with van der Waals surface area (Å²) in [7, 11) is 1.13. The van der Waals surface area contributed by atoms with Crippen molar-refractivity contribution in [1.82, 2.24) is 49.5 Å². The minimum atomic E-state index is -0.823. The third-order valence-electron chi connectivity index (χ3n) is 6.63. The van der Waals surface area contributed by atoms with Crippen LogP contribution in [0.5, 0.6) is 0 Å². The van der Waals surface area contributed by atoms with Crippen LogP contribution < -0.4 is 33.2 Å². The van der Waals surface area contributed by atoms with Gasteiger partial charge in [0.2, 0.25) is 23.7 Å². The molecule has 0 radical (unpaired) electrons. The molecule has 4 amide bonds. The van der Waals surface area contributed by atoms with E-state index in [0.717, 1.165) is 21.5 Å². The number of esters is 1. The van der Waals surface area contributed by atoms with E-state index in [0.29, 0.717) is 0 Å². The lowest BCUT2D eigenvalue weighted by molar-refractivity contribution is -0.147. The quantitative estimate of drug-likeness (QED) is 0.106. The maximum absolute atomic E-state index is 13.4. The third-order valence-corrected chi connectivity index (χ3v) is 6.63. The fourth-order valence-electron chi connectivity index (χ4n) is 4.28. The minimum Gasteiger partial charge on any atom is -0.468 e. The SMILES string of the molecule is COC(=O)CN(CCNC(=O)CN(CCNC(=O)OC(C)(C)C)C(=O)Cn1cnc2c(=O)[nH]c(N)nc21)C(=O)Cn1cc(C)c(=O)[nH]c1=O. The number of H-pyrrole nitrogens is 2. The second-order valence-corrected chi connectivity index (χ2v) is 11.7. The molecule has 21 heteroatoms. The van der Waals surface area contributed by atoms with E-state index >= 15 is 0 Å². The zero-order valence-corrected chi connectivity index (χ0v) is 27.7. The van der Waals surface area contributed by atoms with Gasteiger partial charge < -0.3 is 40.2 Å². The van der Waals surface area contributed by atoms with Crippen LogP contribution >= 0.6 is 0 Å². The van der Waals surface area contributed by atoms with Crippen LogP contribution in [0.1, 0.15) is 26.3 Å². The highest BCUT2D eigenvalue weighted by Crippen LogP contribution is 2.08. The van der Waals surface area contributed by atoms with E-state index in [4.69, 9.17) is 10.5 Å². The van der Waals surface area contributed by atoms with Crippen molar-refractivity contribution in [2.24, 2.45) is 0 Å². The first kappa shape index (κ1) is 37.4. The zero-order chi connectivity index (χ0) is 36.5. The number of fused-ring (bicyclic) bond motifs is 1. The Hall–Kier alpha value is -6.02. The number of methoxy groups -OCH3 is 1. The van der Waals surface area contributed by atoms with Crippen LogP contribution in [0, 0.1) is 6.92 Å². The largest absolute Gasteiger partial charge is 0.468 e. The Morgan fingerprint density at radius 2 is 1.53 bits per heavy atom. The molecule has 21 nitrogen and oxygen atoms in total. The molecule has 0 unspecified atom stereocenters. The summed E-state index contributed by atoms with van der Waals surface area (Å²) < 4.78 is 12.1. The van der Waals surface area contributed by atoms with E-state index in [2.05, 4.69) is 35.3 Å². The van der Waals surface area contributed by atoms with Crippen LogP contribution in [0.3, 0.4) is 0 Å². The zero-order valence-electron chi connectivity index (χ0n) is 27.7. The van der Waals surface area contributed by atoms with E-state index in [1.54, 1.807) is 20.8 Å². The van der Waals surface area contributed by atoms with Crippen molar-refractivity contribution in [3.8, 4) is 0 Å². The summed E-state index contributed by atoms with van der Waals surface area (Å²) in [5.74, 6) is -2.89. The van der Waals surface area contributed by atoms with Gasteiger partial charge in [0, 0.05) is 37.9 Å². The van der Waals surface area contributed by atoms with E-state index in [1.807, 2.05) is 0 Å². The van der Waals surface area contributed by atoms with Gasteiger partial charge in [-0.2, -0.15) is 4.98 Å². The molecule has 3 heterocycles. The maximum atomic E-state index is 13.4. The summed E-state index contributed by atoms with van der Waals surface area (Å²) >= 11 is 0. The van der Waals surface area contributed by atoms with Gasteiger partial charge in [0.25, 0.3) is 11.1 Å². The van der Waals surface area contributed by atoms with Gasteiger partial charge in [-0.1, -0.05) is 0 Å². The van der Waals surface area contributed by atoms with E-state index in [-0.39, 0.29) is 48.9 Å². The molecule has 0 saturated heterocycles. The number of aryl methyl sites for hydroxylation is 1. The van der Waals surface area contributed by atoms with Crippen molar-refractivity contribution >= 4 is 46.9 Å². The van der Waals surface area contributed by atoms with Crippen molar-refractivity contribution in [2.45, 2.75) is 46.4 Å².